The van der Waals surface area contributed by atoms with Crippen LogP contribution in [0.15, 0.2) is 54.6 Å². The molecule has 4 aromatic rings. The third-order valence-corrected chi connectivity index (χ3v) is 5.86. The summed E-state index contributed by atoms with van der Waals surface area (Å²) < 4.78 is 2.96. The van der Waals surface area contributed by atoms with Crippen molar-refractivity contribution in [1.29, 1.82) is 0 Å². The van der Waals surface area contributed by atoms with Crippen molar-refractivity contribution in [1.82, 2.24) is 14.8 Å². The van der Waals surface area contributed by atoms with Crippen molar-refractivity contribution in [2.45, 2.75) is 40.3 Å². The summed E-state index contributed by atoms with van der Waals surface area (Å²) in [4.78, 5) is 20.0. The minimum atomic E-state index is -0.132. The number of anilines is 1. The zero-order chi connectivity index (χ0) is 20.5. The lowest BCUT2D eigenvalue weighted by molar-refractivity contribution is 0.0979. The molecule has 1 amide bonds. The summed E-state index contributed by atoms with van der Waals surface area (Å²) in [5.74, 6) is -0.132. The van der Waals surface area contributed by atoms with Crippen LogP contribution < -0.4 is 4.90 Å². The first-order chi connectivity index (χ1) is 13.9. The molecule has 0 radical (unpaired) electrons. The first-order valence-electron chi connectivity index (χ1n) is 9.71. The van der Waals surface area contributed by atoms with Crippen LogP contribution in [0.3, 0.4) is 0 Å². The number of aromatic nitrogens is 3. The molecule has 2 heterocycles. The van der Waals surface area contributed by atoms with Crippen LogP contribution in [0, 0.1) is 13.8 Å². The second-order valence-corrected chi connectivity index (χ2v) is 8.56. The second-order valence-electron chi connectivity index (χ2n) is 7.55. The normalized spacial score (nSPS) is 11.3. The molecule has 4 rings (SSSR count). The number of benzene rings is 2. The van der Waals surface area contributed by atoms with Gasteiger partial charge >= 0.3 is 0 Å². The van der Waals surface area contributed by atoms with Crippen molar-refractivity contribution in [3.05, 3.63) is 77.1 Å². The Balaban J connectivity index is 1.76. The van der Waals surface area contributed by atoms with E-state index in [0.29, 0.717) is 17.4 Å². The van der Waals surface area contributed by atoms with Crippen LogP contribution in [0.25, 0.3) is 10.2 Å². The Morgan fingerprint density at radius 2 is 1.86 bits per heavy atom. The minimum absolute atomic E-state index is 0.132. The Morgan fingerprint density at radius 3 is 2.55 bits per heavy atom. The van der Waals surface area contributed by atoms with E-state index in [1.807, 2.05) is 60.1 Å². The van der Waals surface area contributed by atoms with Gasteiger partial charge < -0.3 is 0 Å². The van der Waals surface area contributed by atoms with Gasteiger partial charge in [-0.3, -0.25) is 14.4 Å². The molecule has 0 saturated heterocycles. The molecule has 0 saturated carbocycles. The Bertz CT molecular complexity index is 1160. The lowest BCUT2D eigenvalue weighted by Crippen LogP contribution is -2.30. The monoisotopic (exact) mass is 404 g/mol. The molecule has 2 aromatic heterocycles. The van der Waals surface area contributed by atoms with E-state index in [4.69, 9.17) is 4.98 Å². The Morgan fingerprint density at radius 1 is 1.10 bits per heavy atom. The topological polar surface area (TPSA) is 51.0 Å². The van der Waals surface area contributed by atoms with E-state index in [-0.39, 0.29) is 11.9 Å². The minimum Gasteiger partial charge on any atom is -0.278 e. The van der Waals surface area contributed by atoms with Gasteiger partial charge in [0.15, 0.2) is 10.8 Å². The smallest absolute Gasteiger partial charge is 0.278 e. The molecule has 6 heteroatoms. The molecule has 0 aliphatic rings. The van der Waals surface area contributed by atoms with Crippen LogP contribution in [0.5, 0.6) is 0 Å². The van der Waals surface area contributed by atoms with Gasteiger partial charge in [0.05, 0.1) is 16.8 Å². The van der Waals surface area contributed by atoms with E-state index < -0.39 is 0 Å². The Kier molecular flexibility index (Phi) is 5.20. The number of amides is 1. The lowest BCUT2D eigenvalue weighted by Gasteiger charge is -2.19. The maximum Gasteiger partial charge on any atom is 0.280 e. The molecule has 0 spiro atoms. The third-order valence-electron chi connectivity index (χ3n) is 4.82. The third kappa shape index (κ3) is 3.93. The molecular formula is C23H24N4OS. The van der Waals surface area contributed by atoms with Gasteiger partial charge in [0, 0.05) is 11.7 Å². The summed E-state index contributed by atoms with van der Waals surface area (Å²) in [6.07, 6.45) is 0. The molecule has 0 atom stereocenters. The van der Waals surface area contributed by atoms with Crippen LogP contribution in [-0.2, 0) is 6.54 Å². The first kappa shape index (κ1) is 19.3. The van der Waals surface area contributed by atoms with Crippen LogP contribution in [0.1, 0.15) is 47.2 Å². The van der Waals surface area contributed by atoms with E-state index in [9.17, 15) is 4.79 Å². The SMILES string of the molecule is Cc1ccc2nc(N(Cc3ccccc3)C(=O)c3cc(C)n(C(C)C)n3)sc2c1. The van der Waals surface area contributed by atoms with Crippen molar-refractivity contribution in [3.63, 3.8) is 0 Å². The van der Waals surface area contributed by atoms with Crippen LogP contribution in [-0.4, -0.2) is 20.7 Å². The largest absolute Gasteiger partial charge is 0.280 e. The molecule has 29 heavy (non-hydrogen) atoms. The molecule has 148 valence electrons. The van der Waals surface area contributed by atoms with Crippen molar-refractivity contribution in [2.75, 3.05) is 4.90 Å². The number of hydrogen-bond acceptors (Lipinski definition) is 4. The van der Waals surface area contributed by atoms with E-state index >= 15 is 0 Å². The summed E-state index contributed by atoms with van der Waals surface area (Å²) >= 11 is 1.54. The maximum absolute atomic E-state index is 13.5. The average molecular weight is 405 g/mol. The highest BCUT2D eigenvalue weighted by atomic mass is 32.1. The summed E-state index contributed by atoms with van der Waals surface area (Å²) in [6.45, 7) is 8.61. The number of aryl methyl sites for hydroxylation is 2. The number of hydrogen-bond donors (Lipinski definition) is 0. The lowest BCUT2D eigenvalue weighted by atomic mass is 10.2. The van der Waals surface area contributed by atoms with Crippen molar-refractivity contribution < 1.29 is 4.79 Å². The molecule has 0 unspecified atom stereocenters. The average Bonchev–Trinajstić information content (AvgIpc) is 3.29. The zero-order valence-electron chi connectivity index (χ0n) is 17.1. The van der Waals surface area contributed by atoms with Gasteiger partial charge in [-0.15, -0.1) is 0 Å². The molecule has 0 fully saturated rings. The van der Waals surface area contributed by atoms with Crippen LogP contribution in [0.2, 0.25) is 0 Å². The van der Waals surface area contributed by atoms with E-state index in [0.717, 1.165) is 21.5 Å². The van der Waals surface area contributed by atoms with Gasteiger partial charge in [0.2, 0.25) is 0 Å². The van der Waals surface area contributed by atoms with Crippen molar-refractivity contribution >= 4 is 32.6 Å². The predicted octanol–water partition coefficient (Wildman–Crippen LogP) is 5.54. The number of nitrogens with zero attached hydrogens (tertiary/aromatic N) is 4. The molecular weight excluding hydrogens is 380 g/mol. The summed E-state index contributed by atoms with van der Waals surface area (Å²) in [5, 5.41) is 5.26. The van der Waals surface area contributed by atoms with Gasteiger partial charge in [0.25, 0.3) is 5.91 Å². The summed E-state index contributed by atoms with van der Waals surface area (Å²) in [6, 6.07) is 18.2. The predicted molar refractivity (Wildman–Crippen MR) is 119 cm³/mol. The molecule has 0 aliphatic carbocycles. The van der Waals surface area contributed by atoms with Gasteiger partial charge in [-0.2, -0.15) is 5.10 Å². The first-order valence-corrected chi connectivity index (χ1v) is 10.5. The summed E-state index contributed by atoms with van der Waals surface area (Å²) in [5.41, 5.74) is 4.56. The fourth-order valence-electron chi connectivity index (χ4n) is 3.38. The molecule has 0 N–H and O–H groups in total. The zero-order valence-corrected chi connectivity index (χ0v) is 17.9. The van der Waals surface area contributed by atoms with Crippen LogP contribution >= 0.6 is 11.3 Å². The highest BCUT2D eigenvalue weighted by Gasteiger charge is 2.25. The number of fused-ring (bicyclic) bond motifs is 1. The Hall–Kier alpha value is -2.99. The number of rotatable bonds is 5. The number of carbonyl (C=O) groups is 1. The fourth-order valence-corrected chi connectivity index (χ4v) is 4.44. The Labute approximate surface area is 174 Å². The molecule has 0 aliphatic heterocycles. The molecule has 0 bridgehead atoms. The van der Waals surface area contributed by atoms with E-state index in [1.54, 1.807) is 4.90 Å². The standard InChI is InChI=1S/C23H24N4OS/c1-15(2)27-17(4)13-20(25-27)22(28)26(14-18-8-6-5-7-9-18)23-24-19-11-10-16(3)12-21(19)29-23/h5-13,15H,14H2,1-4H3. The van der Waals surface area contributed by atoms with Gasteiger partial charge in [-0.1, -0.05) is 47.7 Å². The van der Waals surface area contributed by atoms with Gasteiger partial charge in [-0.25, -0.2) is 4.98 Å². The van der Waals surface area contributed by atoms with Crippen molar-refractivity contribution in [2.24, 2.45) is 0 Å². The fraction of sp³-hybridized carbons (Fsp3) is 0.261. The number of thiazole rings is 1. The highest BCUT2D eigenvalue weighted by molar-refractivity contribution is 7.22. The van der Waals surface area contributed by atoms with E-state index in [2.05, 4.69) is 31.9 Å². The van der Waals surface area contributed by atoms with E-state index in [1.165, 1.54) is 16.9 Å². The quantitative estimate of drug-likeness (QED) is 0.439. The summed E-state index contributed by atoms with van der Waals surface area (Å²) in [7, 11) is 0. The van der Waals surface area contributed by atoms with Crippen molar-refractivity contribution in [3.8, 4) is 0 Å². The highest BCUT2D eigenvalue weighted by Crippen LogP contribution is 2.31. The van der Waals surface area contributed by atoms with Gasteiger partial charge in [-0.05, 0) is 57.0 Å². The van der Waals surface area contributed by atoms with Crippen LogP contribution in [0.4, 0.5) is 5.13 Å². The maximum atomic E-state index is 13.5. The number of carbonyl (C=O) groups excluding carboxylic acids is 1. The molecule has 2 aromatic carbocycles. The van der Waals surface area contributed by atoms with Gasteiger partial charge in [0.1, 0.15) is 0 Å². The second kappa shape index (κ2) is 7.79. The molecule has 5 nitrogen and oxygen atoms in total.